The van der Waals surface area contributed by atoms with Crippen LogP contribution in [0.3, 0.4) is 0 Å². The van der Waals surface area contributed by atoms with E-state index in [1.807, 2.05) is 12.1 Å². The third-order valence-electron chi connectivity index (χ3n) is 3.23. The summed E-state index contributed by atoms with van der Waals surface area (Å²) in [4.78, 5) is 11.5. The molecule has 0 spiro atoms. The minimum atomic E-state index is -0.515. The van der Waals surface area contributed by atoms with Gasteiger partial charge in [0.25, 0.3) is 0 Å². The van der Waals surface area contributed by atoms with Gasteiger partial charge in [-0.05, 0) is 24.0 Å². The minimum Gasteiger partial charge on any atom is -0.394 e. The summed E-state index contributed by atoms with van der Waals surface area (Å²) in [6.07, 6.45) is 1.84. The summed E-state index contributed by atoms with van der Waals surface area (Å²) in [6.45, 7) is -0.174. The second kappa shape index (κ2) is 5.29. The first-order valence-corrected chi connectivity index (χ1v) is 5.90. The van der Waals surface area contributed by atoms with Crippen LogP contribution in [0.1, 0.15) is 11.1 Å². The second-order valence-electron chi connectivity index (χ2n) is 4.39. The van der Waals surface area contributed by atoms with Crippen LogP contribution in [-0.4, -0.2) is 36.8 Å². The van der Waals surface area contributed by atoms with Gasteiger partial charge >= 0.3 is 0 Å². The lowest BCUT2D eigenvalue weighted by atomic mass is 10.1. The zero-order chi connectivity index (χ0) is 12.3. The van der Waals surface area contributed by atoms with Crippen LogP contribution in [0.5, 0.6) is 0 Å². The Labute approximate surface area is 101 Å². The van der Waals surface area contributed by atoms with Crippen molar-refractivity contribution >= 4 is 5.91 Å². The summed E-state index contributed by atoms with van der Waals surface area (Å²) >= 11 is 0. The van der Waals surface area contributed by atoms with Gasteiger partial charge in [-0.1, -0.05) is 24.3 Å². The van der Waals surface area contributed by atoms with Crippen LogP contribution in [0.15, 0.2) is 24.3 Å². The van der Waals surface area contributed by atoms with Crippen LogP contribution in [0.4, 0.5) is 0 Å². The molecule has 1 amide bonds. The third-order valence-corrected chi connectivity index (χ3v) is 3.23. The normalized spacial score (nSPS) is 16.6. The number of aliphatic hydroxyl groups is 1. The quantitative estimate of drug-likeness (QED) is 0.679. The Balaban J connectivity index is 1.97. The molecule has 1 atom stereocenters. The highest BCUT2D eigenvalue weighted by molar-refractivity contribution is 5.81. The van der Waals surface area contributed by atoms with E-state index < -0.39 is 6.04 Å². The summed E-state index contributed by atoms with van der Waals surface area (Å²) in [5, 5.41) is 14.9. The van der Waals surface area contributed by atoms with Gasteiger partial charge in [-0.3, -0.25) is 4.79 Å². The van der Waals surface area contributed by atoms with Crippen molar-refractivity contribution in [1.29, 1.82) is 0 Å². The fraction of sp³-hybridized carbons (Fsp3) is 0.462. The van der Waals surface area contributed by atoms with Gasteiger partial charge < -0.3 is 15.7 Å². The zero-order valence-electron chi connectivity index (χ0n) is 9.94. The predicted molar refractivity (Wildman–Crippen MR) is 65.7 cm³/mol. The van der Waals surface area contributed by atoms with Crippen LogP contribution < -0.4 is 10.6 Å². The van der Waals surface area contributed by atoms with Gasteiger partial charge in [0.15, 0.2) is 0 Å². The third kappa shape index (κ3) is 2.65. The lowest BCUT2D eigenvalue weighted by Gasteiger charge is -2.19. The molecular weight excluding hydrogens is 216 g/mol. The van der Waals surface area contributed by atoms with E-state index >= 15 is 0 Å². The lowest BCUT2D eigenvalue weighted by molar-refractivity contribution is -0.123. The predicted octanol–water partition coefficient (Wildman–Crippen LogP) is -0.150. The van der Waals surface area contributed by atoms with Crippen molar-refractivity contribution < 1.29 is 9.90 Å². The number of likely N-dealkylation sites (N-methyl/N-ethyl adjacent to an activating group) is 1. The summed E-state index contributed by atoms with van der Waals surface area (Å²) in [7, 11) is 1.58. The number of benzene rings is 1. The van der Waals surface area contributed by atoms with Crippen LogP contribution >= 0.6 is 0 Å². The summed E-state index contributed by atoms with van der Waals surface area (Å²) in [5.41, 5.74) is 2.66. The maximum Gasteiger partial charge on any atom is 0.239 e. The maximum atomic E-state index is 11.5. The second-order valence-corrected chi connectivity index (χ2v) is 4.39. The van der Waals surface area contributed by atoms with E-state index in [9.17, 15) is 9.90 Å². The SMILES string of the molecule is CNC(=O)[C@H](CO)NC1Cc2ccccc2C1. The molecule has 17 heavy (non-hydrogen) atoms. The minimum absolute atomic E-state index is 0.163. The smallest absolute Gasteiger partial charge is 0.239 e. The van der Waals surface area contributed by atoms with Gasteiger partial charge in [-0.15, -0.1) is 0 Å². The first kappa shape index (κ1) is 12.1. The number of amides is 1. The average molecular weight is 234 g/mol. The van der Waals surface area contributed by atoms with Crippen molar-refractivity contribution in [2.45, 2.75) is 24.9 Å². The van der Waals surface area contributed by atoms with E-state index in [1.54, 1.807) is 7.05 Å². The number of hydrogen-bond donors (Lipinski definition) is 3. The van der Waals surface area contributed by atoms with Crippen LogP contribution in [0.25, 0.3) is 0 Å². The molecule has 0 bridgehead atoms. The van der Waals surface area contributed by atoms with Crippen molar-refractivity contribution in [3.05, 3.63) is 35.4 Å². The summed E-state index contributed by atoms with van der Waals surface area (Å²) in [6, 6.07) is 8.02. The number of rotatable bonds is 4. The van der Waals surface area contributed by atoms with E-state index in [0.717, 1.165) is 12.8 Å². The number of nitrogens with one attached hydrogen (secondary N) is 2. The molecule has 0 heterocycles. The first-order chi connectivity index (χ1) is 8.24. The molecule has 0 radical (unpaired) electrons. The van der Waals surface area contributed by atoms with Crippen molar-refractivity contribution in [1.82, 2.24) is 10.6 Å². The molecule has 0 saturated carbocycles. The Hall–Kier alpha value is -1.39. The summed E-state index contributed by atoms with van der Waals surface area (Å²) in [5.74, 6) is -0.163. The largest absolute Gasteiger partial charge is 0.394 e. The molecule has 0 unspecified atom stereocenters. The highest BCUT2D eigenvalue weighted by Crippen LogP contribution is 2.21. The van der Waals surface area contributed by atoms with Gasteiger partial charge in [0.1, 0.15) is 6.04 Å². The molecule has 4 heteroatoms. The van der Waals surface area contributed by atoms with Gasteiger partial charge in [0.05, 0.1) is 6.61 Å². The molecule has 1 aliphatic rings. The monoisotopic (exact) mass is 234 g/mol. The Morgan fingerprint density at radius 2 is 2.00 bits per heavy atom. The molecule has 3 N–H and O–H groups in total. The Bertz CT molecular complexity index is 381. The van der Waals surface area contributed by atoms with Crippen LogP contribution in [0.2, 0.25) is 0 Å². The molecule has 0 saturated heterocycles. The van der Waals surface area contributed by atoms with E-state index in [0.29, 0.717) is 0 Å². The van der Waals surface area contributed by atoms with Crippen molar-refractivity contribution in [3.63, 3.8) is 0 Å². The van der Waals surface area contributed by atoms with E-state index in [4.69, 9.17) is 0 Å². The molecule has 4 nitrogen and oxygen atoms in total. The molecule has 1 aliphatic carbocycles. The first-order valence-electron chi connectivity index (χ1n) is 5.90. The van der Waals surface area contributed by atoms with Gasteiger partial charge in [-0.2, -0.15) is 0 Å². The van der Waals surface area contributed by atoms with Crippen LogP contribution in [-0.2, 0) is 17.6 Å². The Morgan fingerprint density at radius 3 is 2.47 bits per heavy atom. The van der Waals surface area contributed by atoms with Gasteiger partial charge in [-0.25, -0.2) is 0 Å². The molecule has 1 aromatic carbocycles. The molecular formula is C13H18N2O2. The summed E-state index contributed by atoms with van der Waals surface area (Å²) < 4.78 is 0. The fourth-order valence-corrected chi connectivity index (χ4v) is 2.35. The average Bonchev–Trinajstić information content (AvgIpc) is 2.77. The lowest BCUT2D eigenvalue weighted by Crippen LogP contribution is -2.49. The molecule has 1 aromatic rings. The fourth-order valence-electron chi connectivity index (χ4n) is 2.35. The molecule has 92 valence electrons. The van der Waals surface area contributed by atoms with Crippen LogP contribution in [0, 0.1) is 0 Å². The Morgan fingerprint density at radius 1 is 1.41 bits per heavy atom. The van der Waals surface area contributed by atoms with Crippen molar-refractivity contribution in [2.24, 2.45) is 0 Å². The number of fused-ring (bicyclic) bond motifs is 1. The molecule has 0 aliphatic heterocycles. The van der Waals surface area contributed by atoms with Crippen molar-refractivity contribution in [2.75, 3.05) is 13.7 Å². The molecule has 0 fully saturated rings. The van der Waals surface area contributed by atoms with Crippen molar-refractivity contribution in [3.8, 4) is 0 Å². The number of aliphatic hydroxyl groups excluding tert-OH is 1. The van der Waals surface area contributed by atoms with E-state index in [-0.39, 0.29) is 18.6 Å². The zero-order valence-corrected chi connectivity index (χ0v) is 9.94. The topological polar surface area (TPSA) is 61.4 Å². The molecule has 2 rings (SSSR count). The number of carbonyl (C=O) groups is 1. The number of carbonyl (C=O) groups excluding carboxylic acids is 1. The van der Waals surface area contributed by atoms with E-state index in [1.165, 1.54) is 11.1 Å². The molecule has 0 aromatic heterocycles. The highest BCUT2D eigenvalue weighted by atomic mass is 16.3. The van der Waals surface area contributed by atoms with Gasteiger partial charge in [0, 0.05) is 13.1 Å². The van der Waals surface area contributed by atoms with Gasteiger partial charge in [0.2, 0.25) is 5.91 Å². The van der Waals surface area contributed by atoms with E-state index in [2.05, 4.69) is 22.8 Å². The standard InChI is InChI=1S/C13H18N2O2/c1-14-13(17)12(8-16)15-11-6-9-4-2-3-5-10(9)7-11/h2-5,11-12,15-16H,6-8H2,1H3,(H,14,17)/t12-/m0/s1. The highest BCUT2D eigenvalue weighted by Gasteiger charge is 2.25. The maximum absolute atomic E-state index is 11.5. The number of hydrogen-bond acceptors (Lipinski definition) is 3. The Kier molecular flexibility index (Phi) is 3.76.